The maximum Gasteiger partial charge on any atom is 0.164 e. The van der Waals surface area contributed by atoms with Gasteiger partial charge in [-0.15, -0.1) is 0 Å². The van der Waals surface area contributed by atoms with E-state index in [1.165, 1.54) is 0 Å². The molecule has 2 aromatic rings. The molecular formula is C22H27N3O3. The lowest BCUT2D eigenvalue weighted by molar-refractivity contribution is 0.0962. The highest BCUT2D eigenvalue weighted by atomic mass is 16.5. The largest absolute Gasteiger partial charge is 0.495 e. The Morgan fingerprint density at radius 2 is 1.86 bits per heavy atom. The number of piperazine rings is 1. The van der Waals surface area contributed by atoms with Crippen molar-refractivity contribution in [2.24, 2.45) is 0 Å². The van der Waals surface area contributed by atoms with Crippen LogP contribution in [0.25, 0.3) is 0 Å². The lowest BCUT2D eigenvalue weighted by atomic mass is 10.1. The molecule has 4 rings (SSSR count). The Kier molecular flexibility index (Phi) is 5.39. The zero-order valence-electron chi connectivity index (χ0n) is 16.6. The predicted octanol–water partition coefficient (Wildman–Crippen LogP) is 2.88. The molecule has 0 amide bonds. The Labute approximate surface area is 166 Å². The molecule has 148 valence electrons. The Balaban J connectivity index is 1.29. The Morgan fingerprint density at radius 1 is 1.07 bits per heavy atom. The number of carbonyl (C=O) groups excluding carboxylic acids is 1. The molecule has 2 heterocycles. The number of benzene rings is 2. The van der Waals surface area contributed by atoms with Gasteiger partial charge in [0.25, 0.3) is 0 Å². The van der Waals surface area contributed by atoms with Crippen molar-refractivity contribution in [1.82, 2.24) is 4.90 Å². The number of hydrogen-bond donors (Lipinski definition) is 0. The molecule has 0 saturated carbocycles. The number of ketones is 1. The van der Waals surface area contributed by atoms with Crippen molar-refractivity contribution in [3.63, 3.8) is 0 Å². The summed E-state index contributed by atoms with van der Waals surface area (Å²) < 4.78 is 11.1. The Bertz CT molecular complexity index is 847. The van der Waals surface area contributed by atoms with Crippen molar-refractivity contribution in [3.05, 3.63) is 48.0 Å². The van der Waals surface area contributed by atoms with E-state index in [-0.39, 0.29) is 5.78 Å². The third-order valence-electron chi connectivity index (χ3n) is 5.56. The second-order valence-corrected chi connectivity index (χ2v) is 7.33. The summed E-state index contributed by atoms with van der Waals surface area (Å²) in [5.74, 6) is 1.89. The van der Waals surface area contributed by atoms with Crippen LogP contribution in [0.5, 0.6) is 11.5 Å². The van der Waals surface area contributed by atoms with Gasteiger partial charge in [0.05, 0.1) is 18.5 Å². The minimum absolute atomic E-state index is 0.174. The van der Waals surface area contributed by atoms with Crippen LogP contribution in [0.15, 0.2) is 42.5 Å². The molecule has 1 saturated heterocycles. The predicted molar refractivity (Wildman–Crippen MR) is 111 cm³/mol. The quantitative estimate of drug-likeness (QED) is 0.717. The number of rotatable bonds is 6. The van der Waals surface area contributed by atoms with Gasteiger partial charge in [-0.25, -0.2) is 0 Å². The first-order valence-corrected chi connectivity index (χ1v) is 9.77. The number of para-hydroxylation sites is 2. The van der Waals surface area contributed by atoms with E-state index in [2.05, 4.69) is 15.9 Å². The topological polar surface area (TPSA) is 45.3 Å². The minimum atomic E-state index is 0.174. The first-order valence-electron chi connectivity index (χ1n) is 9.77. The number of ether oxygens (including phenoxy) is 2. The van der Waals surface area contributed by atoms with Gasteiger partial charge in [-0.05, 0) is 30.3 Å². The first-order chi connectivity index (χ1) is 13.7. The van der Waals surface area contributed by atoms with Crippen LogP contribution in [0.1, 0.15) is 16.8 Å². The molecule has 6 nitrogen and oxygen atoms in total. The smallest absolute Gasteiger partial charge is 0.164 e. The van der Waals surface area contributed by atoms with E-state index in [0.717, 1.165) is 61.2 Å². The van der Waals surface area contributed by atoms with Crippen molar-refractivity contribution in [3.8, 4) is 11.5 Å². The van der Waals surface area contributed by atoms with E-state index in [1.54, 1.807) is 7.11 Å². The SMILES string of the molecule is COc1ccccc1N1CCN(CCC(=O)c2ccc3c(c2)OCN3C)CC1. The normalized spacial score (nSPS) is 16.6. The lowest BCUT2D eigenvalue weighted by Gasteiger charge is -2.36. The highest BCUT2D eigenvalue weighted by Gasteiger charge is 2.22. The van der Waals surface area contributed by atoms with Crippen molar-refractivity contribution in [2.45, 2.75) is 6.42 Å². The highest BCUT2D eigenvalue weighted by Crippen LogP contribution is 2.34. The van der Waals surface area contributed by atoms with Gasteiger partial charge in [-0.1, -0.05) is 12.1 Å². The molecule has 0 aromatic heterocycles. The monoisotopic (exact) mass is 381 g/mol. The number of hydrogen-bond acceptors (Lipinski definition) is 6. The van der Waals surface area contributed by atoms with Crippen LogP contribution in [0, 0.1) is 0 Å². The molecule has 0 unspecified atom stereocenters. The van der Waals surface area contributed by atoms with Crippen LogP contribution in [0.2, 0.25) is 0 Å². The molecule has 28 heavy (non-hydrogen) atoms. The number of methoxy groups -OCH3 is 1. The van der Waals surface area contributed by atoms with Crippen molar-refractivity contribution < 1.29 is 14.3 Å². The maximum absolute atomic E-state index is 12.6. The van der Waals surface area contributed by atoms with Gasteiger partial charge in [-0.3, -0.25) is 9.69 Å². The fourth-order valence-corrected chi connectivity index (χ4v) is 3.86. The summed E-state index contributed by atoms with van der Waals surface area (Å²) in [4.78, 5) is 19.4. The summed E-state index contributed by atoms with van der Waals surface area (Å²) in [5, 5.41) is 0. The average Bonchev–Trinajstić information content (AvgIpc) is 3.12. The molecule has 2 aliphatic rings. The Morgan fingerprint density at radius 3 is 2.64 bits per heavy atom. The van der Waals surface area contributed by atoms with Crippen LogP contribution < -0.4 is 19.3 Å². The molecule has 2 aliphatic heterocycles. The van der Waals surface area contributed by atoms with Crippen LogP contribution in [-0.4, -0.2) is 64.3 Å². The van der Waals surface area contributed by atoms with Gasteiger partial charge in [0, 0.05) is 51.8 Å². The fourth-order valence-electron chi connectivity index (χ4n) is 3.86. The Hall–Kier alpha value is -2.73. The molecule has 0 spiro atoms. The van der Waals surface area contributed by atoms with E-state index in [1.807, 2.05) is 48.3 Å². The molecule has 0 aliphatic carbocycles. The zero-order valence-corrected chi connectivity index (χ0v) is 16.6. The highest BCUT2D eigenvalue weighted by molar-refractivity contribution is 5.97. The van der Waals surface area contributed by atoms with Crippen LogP contribution >= 0.6 is 0 Å². The number of carbonyl (C=O) groups is 1. The van der Waals surface area contributed by atoms with E-state index < -0.39 is 0 Å². The number of nitrogens with zero attached hydrogens (tertiary/aromatic N) is 3. The van der Waals surface area contributed by atoms with E-state index in [9.17, 15) is 4.79 Å². The number of fused-ring (bicyclic) bond motifs is 1. The molecular weight excluding hydrogens is 354 g/mol. The molecule has 0 N–H and O–H groups in total. The van der Waals surface area contributed by atoms with E-state index in [4.69, 9.17) is 9.47 Å². The second-order valence-electron chi connectivity index (χ2n) is 7.33. The van der Waals surface area contributed by atoms with E-state index in [0.29, 0.717) is 13.2 Å². The summed E-state index contributed by atoms with van der Waals surface area (Å²) >= 11 is 0. The fraction of sp³-hybridized carbons (Fsp3) is 0.409. The van der Waals surface area contributed by atoms with Crippen molar-refractivity contribution in [1.29, 1.82) is 0 Å². The van der Waals surface area contributed by atoms with Gasteiger partial charge in [0.2, 0.25) is 0 Å². The third-order valence-corrected chi connectivity index (χ3v) is 5.56. The second kappa shape index (κ2) is 8.10. The summed E-state index contributed by atoms with van der Waals surface area (Å²) in [6.45, 7) is 5.11. The van der Waals surface area contributed by atoms with Crippen molar-refractivity contribution in [2.75, 3.05) is 63.4 Å². The van der Waals surface area contributed by atoms with Crippen molar-refractivity contribution >= 4 is 17.2 Å². The van der Waals surface area contributed by atoms with E-state index >= 15 is 0 Å². The summed E-state index contributed by atoms with van der Waals surface area (Å²) in [7, 11) is 3.70. The van der Waals surface area contributed by atoms with Gasteiger partial charge in [-0.2, -0.15) is 0 Å². The van der Waals surface area contributed by atoms with Gasteiger partial charge >= 0.3 is 0 Å². The lowest BCUT2D eigenvalue weighted by Crippen LogP contribution is -2.47. The molecule has 0 atom stereocenters. The van der Waals surface area contributed by atoms with Crippen LogP contribution in [0.3, 0.4) is 0 Å². The third kappa shape index (κ3) is 3.78. The number of Topliss-reactive ketones (excluding diaryl/α,β-unsaturated/α-hetero) is 1. The first kappa shape index (κ1) is 18.6. The van der Waals surface area contributed by atoms with Crippen LogP contribution in [-0.2, 0) is 0 Å². The minimum Gasteiger partial charge on any atom is -0.495 e. The zero-order chi connectivity index (χ0) is 19.5. The van der Waals surface area contributed by atoms with Gasteiger partial charge in [0.1, 0.15) is 11.5 Å². The average molecular weight is 381 g/mol. The molecule has 1 fully saturated rings. The summed E-state index contributed by atoms with van der Waals surface area (Å²) in [6, 6.07) is 13.9. The molecule has 6 heteroatoms. The molecule has 0 bridgehead atoms. The summed E-state index contributed by atoms with van der Waals surface area (Å²) in [5.41, 5.74) is 2.93. The maximum atomic E-state index is 12.6. The molecule has 0 radical (unpaired) electrons. The standard InChI is InChI=1S/C22H27N3O3/c1-23-16-28-22-15-17(7-8-18(22)23)20(26)9-10-24-11-13-25(14-12-24)19-5-3-4-6-21(19)27-2/h3-8,15H,9-14,16H2,1-2H3. The van der Waals surface area contributed by atoms with Gasteiger partial charge < -0.3 is 19.3 Å². The summed E-state index contributed by atoms with van der Waals surface area (Å²) in [6.07, 6.45) is 0.531. The molecule has 2 aromatic carbocycles. The van der Waals surface area contributed by atoms with Crippen LogP contribution in [0.4, 0.5) is 11.4 Å². The van der Waals surface area contributed by atoms with Gasteiger partial charge in [0.15, 0.2) is 12.5 Å². The number of anilines is 2.